The monoisotopic (exact) mass is 279 g/mol. The molecule has 20 heavy (non-hydrogen) atoms. The molecule has 0 bridgehead atoms. The third-order valence-electron chi connectivity index (χ3n) is 4.01. The maximum atomic E-state index is 5.41. The molecule has 1 N–H and O–H groups in total. The number of nitrogens with one attached hydrogen (secondary N) is 1. The molecular formula is C16H25NO3. The summed E-state index contributed by atoms with van der Waals surface area (Å²) >= 11 is 0. The highest BCUT2D eigenvalue weighted by Gasteiger charge is 2.19. The van der Waals surface area contributed by atoms with Crippen molar-refractivity contribution < 1.29 is 14.2 Å². The summed E-state index contributed by atoms with van der Waals surface area (Å²) in [5, 5.41) is 3.60. The van der Waals surface area contributed by atoms with Crippen molar-refractivity contribution in [3.8, 4) is 11.5 Å². The van der Waals surface area contributed by atoms with E-state index in [0.29, 0.717) is 12.0 Å². The summed E-state index contributed by atoms with van der Waals surface area (Å²) in [5.74, 6) is 2.37. The molecule has 1 heterocycles. The lowest BCUT2D eigenvalue weighted by atomic mass is 9.93. The molecule has 0 amide bonds. The van der Waals surface area contributed by atoms with E-state index in [4.69, 9.17) is 14.2 Å². The lowest BCUT2D eigenvalue weighted by Crippen LogP contribution is -2.36. The first-order valence-electron chi connectivity index (χ1n) is 7.26. The molecule has 1 saturated heterocycles. The minimum Gasteiger partial charge on any atom is -0.497 e. The van der Waals surface area contributed by atoms with Crippen LogP contribution in [-0.2, 0) is 11.3 Å². The van der Waals surface area contributed by atoms with Crippen LogP contribution in [0.15, 0.2) is 18.2 Å². The van der Waals surface area contributed by atoms with Gasteiger partial charge in [-0.05, 0) is 43.4 Å². The summed E-state index contributed by atoms with van der Waals surface area (Å²) in [6.45, 7) is 4.87. The summed E-state index contributed by atoms with van der Waals surface area (Å²) in [7, 11) is 3.35. The first-order chi connectivity index (χ1) is 9.72. The van der Waals surface area contributed by atoms with Crippen LogP contribution in [0.25, 0.3) is 0 Å². The lowest BCUT2D eigenvalue weighted by molar-refractivity contribution is 0.0558. The Balaban J connectivity index is 1.92. The van der Waals surface area contributed by atoms with Gasteiger partial charge in [-0.15, -0.1) is 0 Å². The van der Waals surface area contributed by atoms with E-state index in [1.165, 1.54) is 5.56 Å². The van der Waals surface area contributed by atoms with Gasteiger partial charge in [0.2, 0.25) is 0 Å². The Morgan fingerprint density at radius 1 is 1.15 bits per heavy atom. The number of benzene rings is 1. The molecule has 4 heteroatoms. The SMILES string of the molecule is COc1cc(CNC(C)C2CCOCC2)cc(OC)c1. The van der Waals surface area contributed by atoms with Crippen LogP contribution in [0.5, 0.6) is 11.5 Å². The van der Waals surface area contributed by atoms with Crippen molar-refractivity contribution >= 4 is 0 Å². The van der Waals surface area contributed by atoms with Crippen LogP contribution < -0.4 is 14.8 Å². The summed E-state index contributed by atoms with van der Waals surface area (Å²) < 4.78 is 16.0. The molecule has 2 rings (SSSR count). The zero-order valence-corrected chi connectivity index (χ0v) is 12.6. The van der Waals surface area contributed by atoms with Crippen molar-refractivity contribution in [3.05, 3.63) is 23.8 Å². The van der Waals surface area contributed by atoms with Crippen LogP contribution in [-0.4, -0.2) is 33.5 Å². The number of ether oxygens (including phenoxy) is 3. The largest absolute Gasteiger partial charge is 0.497 e. The highest BCUT2D eigenvalue weighted by atomic mass is 16.5. The fourth-order valence-electron chi connectivity index (χ4n) is 2.63. The maximum Gasteiger partial charge on any atom is 0.122 e. The quantitative estimate of drug-likeness (QED) is 0.869. The molecule has 112 valence electrons. The number of rotatable bonds is 6. The third kappa shape index (κ3) is 4.12. The molecule has 4 nitrogen and oxygen atoms in total. The van der Waals surface area contributed by atoms with E-state index in [2.05, 4.69) is 12.2 Å². The van der Waals surface area contributed by atoms with Gasteiger partial charge >= 0.3 is 0 Å². The molecule has 1 fully saturated rings. The Hall–Kier alpha value is -1.26. The highest BCUT2D eigenvalue weighted by molar-refractivity contribution is 5.38. The van der Waals surface area contributed by atoms with Crippen molar-refractivity contribution in [2.24, 2.45) is 5.92 Å². The van der Waals surface area contributed by atoms with Crippen LogP contribution in [0.4, 0.5) is 0 Å². The second-order valence-corrected chi connectivity index (χ2v) is 5.34. The van der Waals surface area contributed by atoms with Crippen LogP contribution in [0.2, 0.25) is 0 Å². The van der Waals surface area contributed by atoms with E-state index in [0.717, 1.165) is 44.1 Å². The molecule has 1 aliphatic rings. The Labute approximate surface area is 121 Å². The molecular weight excluding hydrogens is 254 g/mol. The minimum absolute atomic E-state index is 0.496. The van der Waals surface area contributed by atoms with E-state index >= 15 is 0 Å². The number of methoxy groups -OCH3 is 2. The van der Waals surface area contributed by atoms with Crippen molar-refractivity contribution in [2.75, 3.05) is 27.4 Å². The van der Waals surface area contributed by atoms with Gasteiger partial charge in [0.05, 0.1) is 14.2 Å². The Kier molecular flexibility index (Phi) is 5.68. The summed E-state index contributed by atoms with van der Waals surface area (Å²) in [6.07, 6.45) is 2.30. The molecule has 0 radical (unpaired) electrons. The predicted molar refractivity (Wildman–Crippen MR) is 79.4 cm³/mol. The molecule has 1 aromatic rings. The topological polar surface area (TPSA) is 39.7 Å². The van der Waals surface area contributed by atoms with Crippen molar-refractivity contribution in [2.45, 2.75) is 32.4 Å². The smallest absolute Gasteiger partial charge is 0.122 e. The van der Waals surface area contributed by atoms with Crippen LogP contribution >= 0.6 is 0 Å². The van der Waals surface area contributed by atoms with Gasteiger partial charge in [0.1, 0.15) is 11.5 Å². The highest BCUT2D eigenvalue weighted by Crippen LogP contribution is 2.23. The van der Waals surface area contributed by atoms with Crippen molar-refractivity contribution in [1.82, 2.24) is 5.32 Å². The Bertz CT molecular complexity index is 394. The predicted octanol–water partition coefficient (Wildman–Crippen LogP) is 2.61. The molecule has 1 aromatic carbocycles. The lowest BCUT2D eigenvalue weighted by Gasteiger charge is -2.28. The first kappa shape index (κ1) is 15.1. The average Bonchev–Trinajstić information content (AvgIpc) is 2.53. The van der Waals surface area contributed by atoms with E-state index in [-0.39, 0.29) is 0 Å². The molecule has 1 aliphatic heterocycles. The van der Waals surface area contributed by atoms with E-state index in [1.807, 2.05) is 18.2 Å². The average molecular weight is 279 g/mol. The van der Waals surface area contributed by atoms with Gasteiger partial charge in [-0.1, -0.05) is 0 Å². The minimum atomic E-state index is 0.496. The van der Waals surface area contributed by atoms with Crippen LogP contribution in [0.3, 0.4) is 0 Å². The summed E-state index contributed by atoms with van der Waals surface area (Å²) in [6, 6.07) is 6.49. The van der Waals surface area contributed by atoms with Gasteiger partial charge in [-0.3, -0.25) is 0 Å². The molecule has 0 aliphatic carbocycles. The van der Waals surface area contributed by atoms with Crippen LogP contribution in [0, 0.1) is 5.92 Å². The molecule has 0 saturated carbocycles. The fourth-order valence-corrected chi connectivity index (χ4v) is 2.63. The molecule has 0 spiro atoms. The van der Waals surface area contributed by atoms with E-state index in [1.54, 1.807) is 14.2 Å². The van der Waals surface area contributed by atoms with Gasteiger partial charge in [0.15, 0.2) is 0 Å². The Morgan fingerprint density at radius 2 is 1.75 bits per heavy atom. The summed E-state index contributed by atoms with van der Waals surface area (Å²) in [4.78, 5) is 0. The van der Waals surface area contributed by atoms with Gasteiger partial charge in [0, 0.05) is 31.9 Å². The zero-order valence-electron chi connectivity index (χ0n) is 12.6. The van der Waals surface area contributed by atoms with Crippen LogP contribution in [0.1, 0.15) is 25.3 Å². The second kappa shape index (κ2) is 7.50. The van der Waals surface area contributed by atoms with E-state index in [9.17, 15) is 0 Å². The first-order valence-corrected chi connectivity index (χ1v) is 7.26. The van der Waals surface area contributed by atoms with Crippen molar-refractivity contribution in [3.63, 3.8) is 0 Å². The van der Waals surface area contributed by atoms with Gasteiger partial charge in [0.25, 0.3) is 0 Å². The van der Waals surface area contributed by atoms with Gasteiger partial charge < -0.3 is 19.5 Å². The summed E-state index contributed by atoms with van der Waals surface area (Å²) in [5.41, 5.74) is 1.18. The molecule has 1 atom stereocenters. The second-order valence-electron chi connectivity index (χ2n) is 5.34. The standard InChI is InChI=1S/C16H25NO3/c1-12(14-4-6-20-7-5-14)17-11-13-8-15(18-2)10-16(9-13)19-3/h8-10,12,14,17H,4-7,11H2,1-3H3. The number of hydrogen-bond acceptors (Lipinski definition) is 4. The third-order valence-corrected chi connectivity index (χ3v) is 4.01. The van der Waals surface area contributed by atoms with E-state index < -0.39 is 0 Å². The van der Waals surface area contributed by atoms with Crippen molar-refractivity contribution in [1.29, 1.82) is 0 Å². The normalized spacial score (nSPS) is 17.8. The maximum absolute atomic E-state index is 5.41. The van der Waals surface area contributed by atoms with Gasteiger partial charge in [-0.2, -0.15) is 0 Å². The molecule has 1 unspecified atom stereocenters. The van der Waals surface area contributed by atoms with Gasteiger partial charge in [-0.25, -0.2) is 0 Å². The fraction of sp³-hybridized carbons (Fsp3) is 0.625. The Morgan fingerprint density at radius 3 is 2.30 bits per heavy atom. The zero-order chi connectivity index (χ0) is 14.4. The molecule has 0 aromatic heterocycles. The number of hydrogen-bond donors (Lipinski definition) is 1.